The predicted octanol–water partition coefficient (Wildman–Crippen LogP) is 3.44. The minimum absolute atomic E-state index is 0.0760. The summed E-state index contributed by atoms with van der Waals surface area (Å²) in [7, 11) is 0. The molecule has 0 fully saturated rings. The minimum atomic E-state index is -0.518. The molecule has 2 amide bonds. The molecule has 0 aliphatic heterocycles. The van der Waals surface area contributed by atoms with Crippen molar-refractivity contribution in [1.82, 2.24) is 0 Å². The molecule has 0 bridgehead atoms. The lowest BCUT2D eigenvalue weighted by atomic mass is 10.1. The van der Waals surface area contributed by atoms with Crippen molar-refractivity contribution in [2.75, 3.05) is 5.32 Å². The van der Waals surface area contributed by atoms with E-state index >= 15 is 0 Å². The molecule has 126 valence electrons. The first kappa shape index (κ1) is 16.6. The van der Waals surface area contributed by atoms with E-state index in [4.69, 9.17) is 5.73 Å². The molecule has 0 spiro atoms. The van der Waals surface area contributed by atoms with Crippen molar-refractivity contribution in [3.8, 4) is 0 Å². The smallest absolute Gasteiger partial charge is 0.251 e. The van der Waals surface area contributed by atoms with E-state index in [1.165, 1.54) is 17.4 Å². The Balaban J connectivity index is 1.83. The number of fused-ring (bicyclic) bond motifs is 1. The number of rotatable bonds is 4. The topological polar surface area (TPSA) is 72.2 Å². The molecule has 1 aliphatic carbocycles. The summed E-state index contributed by atoms with van der Waals surface area (Å²) in [5.74, 6) is -1.28. The fraction of sp³-hybridized carbons (Fsp3) is 0.333. The highest BCUT2D eigenvalue weighted by Crippen LogP contribution is 2.37. The summed E-state index contributed by atoms with van der Waals surface area (Å²) in [6, 6.07) is 6.17. The Morgan fingerprint density at radius 1 is 1.17 bits per heavy atom. The van der Waals surface area contributed by atoms with Gasteiger partial charge < -0.3 is 11.1 Å². The van der Waals surface area contributed by atoms with Crippen LogP contribution in [0.2, 0.25) is 0 Å². The summed E-state index contributed by atoms with van der Waals surface area (Å²) in [5, 5.41) is 3.25. The van der Waals surface area contributed by atoms with E-state index in [0.29, 0.717) is 16.1 Å². The monoisotopic (exact) mass is 346 g/mol. The van der Waals surface area contributed by atoms with Gasteiger partial charge in [0.2, 0.25) is 5.91 Å². The number of primary amides is 1. The molecule has 4 nitrogen and oxygen atoms in total. The van der Waals surface area contributed by atoms with Crippen molar-refractivity contribution >= 4 is 28.2 Å². The zero-order valence-corrected chi connectivity index (χ0v) is 14.0. The van der Waals surface area contributed by atoms with Crippen LogP contribution >= 0.6 is 11.3 Å². The highest BCUT2D eigenvalue weighted by molar-refractivity contribution is 7.17. The summed E-state index contributed by atoms with van der Waals surface area (Å²) < 4.78 is 13.7. The highest BCUT2D eigenvalue weighted by atomic mass is 32.1. The van der Waals surface area contributed by atoms with Gasteiger partial charge in [-0.1, -0.05) is 24.6 Å². The van der Waals surface area contributed by atoms with Gasteiger partial charge in [-0.25, -0.2) is 4.39 Å². The Labute approximate surface area is 143 Å². The molecular weight excluding hydrogens is 327 g/mol. The van der Waals surface area contributed by atoms with Gasteiger partial charge in [-0.05, 0) is 42.9 Å². The third-order valence-corrected chi connectivity index (χ3v) is 5.44. The van der Waals surface area contributed by atoms with Crippen molar-refractivity contribution in [2.24, 2.45) is 5.73 Å². The van der Waals surface area contributed by atoms with Gasteiger partial charge in [0.05, 0.1) is 12.0 Å². The fourth-order valence-electron chi connectivity index (χ4n) is 3.08. The number of amides is 2. The average molecular weight is 346 g/mol. The summed E-state index contributed by atoms with van der Waals surface area (Å²) in [6.45, 7) is 0. The lowest BCUT2D eigenvalue weighted by Crippen LogP contribution is -2.19. The van der Waals surface area contributed by atoms with Crippen LogP contribution in [0.25, 0.3) is 0 Å². The van der Waals surface area contributed by atoms with Crippen LogP contribution in [-0.2, 0) is 24.1 Å². The molecule has 6 heteroatoms. The molecule has 1 aromatic heterocycles. The van der Waals surface area contributed by atoms with E-state index in [2.05, 4.69) is 5.32 Å². The molecule has 0 radical (unpaired) electrons. The maximum Gasteiger partial charge on any atom is 0.251 e. The van der Waals surface area contributed by atoms with Gasteiger partial charge in [-0.2, -0.15) is 0 Å². The van der Waals surface area contributed by atoms with Crippen LogP contribution in [0.4, 0.5) is 9.39 Å². The summed E-state index contributed by atoms with van der Waals surface area (Å²) >= 11 is 1.42. The fourth-order valence-corrected chi connectivity index (χ4v) is 4.39. The van der Waals surface area contributed by atoms with Gasteiger partial charge in [-0.15, -0.1) is 11.3 Å². The lowest BCUT2D eigenvalue weighted by Gasteiger charge is -2.07. The minimum Gasteiger partial charge on any atom is -0.365 e. The second-order valence-electron chi connectivity index (χ2n) is 5.95. The normalized spacial score (nSPS) is 13.9. The van der Waals surface area contributed by atoms with Crippen molar-refractivity contribution in [3.63, 3.8) is 0 Å². The van der Waals surface area contributed by atoms with Crippen molar-refractivity contribution in [3.05, 3.63) is 51.7 Å². The molecule has 24 heavy (non-hydrogen) atoms. The number of aryl methyl sites for hydroxylation is 1. The van der Waals surface area contributed by atoms with Crippen molar-refractivity contribution in [1.29, 1.82) is 0 Å². The van der Waals surface area contributed by atoms with Gasteiger partial charge in [0.1, 0.15) is 10.8 Å². The number of carbonyl (C=O) groups is 2. The van der Waals surface area contributed by atoms with E-state index < -0.39 is 11.7 Å². The van der Waals surface area contributed by atoms with Gasteiger partial charge in [0, 0.05) is 4.88 Å². The van der Waals surface area contributed by atoms with E-state index in [1.54, 1.807) is 18.2 Å². The molecule has 3 rings (SSSR count). The highest BCUT2D eigenvalue weighted by Gasteiger charge is 2.24. The number of benzene rings is 1. The molecule has 1 aliphatic rings. The summed E-state index contributed by atoms with van der Waals surface area (Å²) in [4.78, 5) is 25.3. The molecular formula is C18H19FN2O2S. The van der Waals surface area contributed by atoms with Crippen LogP contribution in [0.3, 0.4) is 0 Å². The zero-order valence-electron chi connectivity index (χ0n) is 13.2. The number of halogens is 1. The van der Waals surface area contributed by atoms with Crippen LogP contribution in [0.15, 0.2) is 24.3 Å². The first-order valence-corrected chi connectivity index (χ1v) is 8.85. The standard InChI is InChI=1S/C18H19FN2O2S/c19-13-8-5-4-6-11(13)10-15(22)21-18-16(17(20)23)12-7-2-1-3-9-14(12)24-18/h4-6,8H,1-3,7,9-10H2,(H2,20,23)(H,21,22). The number of thiophene rings is 1. The van der Waals surface area contributed by atoms with E-state index in [0.717, 1.165) is 42.5 Å². The van der Waals surface area contributed by atoms with Crippen LogP contribution in [0, 0.1) is 5.82 Å². The largest absolute Gasteiger partial charge is 0.365 e. The number of hydrogen-bond donors (Lipinski definition) is 2. The van der Waals surface area contributed by atoms with Crippen LogP contribution in [0.5, 0.6) is 0 Å². The van der Waals surface area contributed by atoms with Gasteiger partial charge in [-0.3, -0.25) is 9.59 Å². The third kappa shape index (κ3) is 3.48. The van der Waals surface area contributed by atoms with Crippen molar-refractivity contribution in [2.45, 2.75) is 38.5 Å². The Morgan fingerprint density at radius 3 is 2.67 bits per heavy atom. The zero-order chi connectivity index (χ0) is 17.1. The van der Waals surface area contributed by atoms with Gasteiger partial charge in [0.15, 0.2) is 0 Å². The molecule has 1 heterocycles. The second kappa shape index (κ2) is 7.13. The SMILES string of the molecule is NC(=O)c1c(NC(=O)Cc2ccccc2F)sc2c1CCCCC2. The van der Waals surface area contributed by atoms with Crippen molar-refractivity contribution < 1.29 is 14.0 Å². The molecule has 0 atom stereocenters. The number of carbonyl (C=O) groups excluding carboxylic acids is 2. The van der Waals surface area contributed by atoms with Crippen LogP contribution < -0.4 is 11.1 Å². The Kier molecular flexibility index (Phi) is 4.94. The van der Waals surface area contributed by atoms with Crippen LogP contribution in [0.1, 0.15) is 45.6 Å². The van der Waals surface area contributed by atoms with E-state index in [1.807, 2.05) is 0 Å². The third-order valence-electron chi connectivity index (χ3n) is 4.23. The maximum absolute atomic E-state index is 13.7. The molecule has 0 saturated heterocycles. The van der Waals surface area contributed by atoms with Gasteiger partial charge in [0.25, 0.3) is 5.91 Å². The second-order valence-corrected chi connectivity index (χ2v) is 7.05. The first-order chi connectivity index (χ1) is 11.6. The quantitative estimate of drug-likeness (QED) is 0.833. The van der Waals surface area contributed by atoms with E-state index in [-0.39, 0.29) is 12.3 Å². The number of nitrogens with one attached hydrogen (secondary N) is 1. The van der Waals surface area contributed by atoms with E-state index in [9.17, 15) is 14.0 Å². The molecule has 2 aromatic rings. The molecule has 0 saturated carbocycles. The number of nitrogens with two attached hydrogens (primary N) is 1. The Hall–Kier alpha value is -2.21. The summed E-state index contributed by atoms with van der Waals surface area (Å²) in [5.41, 5.74) is 7.28. The molecule has 3 N–H and O–H groups in total. The maximum atomic E-state index is 13.7. The lowest BCUT2D eigenvalue weighted by molar-refractivity contribution is -0.115. The van der Waals surface area contributed by atoms with Gasteiger partial charge >= 0.3 is 0 Å². The Morgan fingerprint density at radius 2 is 1.92 bits per heavy atom. The molecule has 1 aromatic carbocycles. The number of hydrogen-bond acceptors (Lipinski definition) is 3. The average Bonchev–Trinajstić information content (AvgIpc) is 2.71. The Bertz CT molecular complexity index is 785. The number of anilines is 1. The predicted molar refractivity (Wildman–Crippen MR) is 92.8 cm³/mol. The first-order valence-electron chi connectivity index (χ1n) is 8.04. The summed E-state index contributed by atoms with van der Waals surface area (Å²) in [6.07, 6.45) is 4.87. The van der Waals surface area contributed by atoms with Crippen LogP contribution in [-0.4, -0.2) is 11.8 Å². The molecule has 0 unspecified atom stereocenters.